The van der Waals surface area contributed by atoms with Crippen LogP contribution in [0.1, 0.15) is 117 Å². The van der Waals surface area contributed by atoms with Crippen LogP contribution in [0.3, 0.4) is 0 Å². The second-order valence-corrected chi connectivity index (χ2v) is 18.0. The van der Waals surface area contributed by atoms with Crippen LogP contribution < -0.4 is 0 Å². The predicted octanol–water partition coefficient (Wildman–Crippen LogP) is 9.61. The molecule has 176 valence electrons. The van der Waals surface area contributed by atoms with Crippen LogP contribution in [0.15, 0.2) is 48.5 Å². The highest BCUT2D eigenvalue weighted by Gasteiger charge is 2.59. The lowest BCUT2D eigenvalue weighted by atomic mass is 9.86. The molecular formula is C31H47P. The van der Waals surface area contributed by atoms with E-state index in [1.807, 2.05) is 0 Å². The molecule has 0 saturated heterocycles. The highest BCUT2D eigenvalue weighted by Crippen LogP contribution is 2.77. The first kappa shape index (κ1) is 25.5. The zero-order valence-electron chi connectivity index (χ0n) is 22.8. The number of hydrogen-bond donors (Lipinski definition) is 0. The minimum Gasteiger partial charge on any atom is -0.0912 e. The first-order chi connectivity index (χ1) is 14.4. The fraction of sp³-hybridized carbons (Fsp3) is 0.613. The van der Waals surface area contributed by atoms with Crippen molar-refractivity contribution in [3.8, 4) is 0 Å². The van der Waals surface area contributed by atoms with Gasteiger partial charge in [0.1, 0.15) is 0 Å². The summed E-state index contributed by atoms with van der Waals surface area (Å²) in [6, 6.07) is 19.2. The Labute approximate surface area is 200 Å². The molecule has 2 atom stereocenters. The smallest absolute Gasteiger partial charge is 0.00126 e. The average Bonchev–Trinajstić information content (AvgIpc) is 3.32. The van der Waals surface area contributed by atoms with Gasteiger partial charge in [-0.15, -0.1) is 0 Å². The van der Waals surface area contributed by atoms with Crippen LogP contribution in [0.25, 0.3) is 0 Å². The third-order valence-corrected chi connectivity index (χ3v) is 11.2. The van der Waals surface area contributed by atoms with Crippen molar-refractivity contribution in [3.05, 3.63) is 70.8 Å². The summed E-state index contributed by atoms with van der Waals surface area (Å²) in [6.45, 7) is 28.7. The van der Waals surface area contributed by atoms with Crippen LogP contribution in [-0.4, -0.2) is 16.0 Å². The van der Waals surface area contributed by atoms with Gasteiger partial charge in [0, 0.05) is 0 Å². The Morgan fingerprint density at radius 1 is 0.469 bits per heavy atom. The molecule has 1 saturated carbocycles. The molecule has 2 aromatic rings. The van der Waals surface area contributed by atoms with Gasteiger partial charge in [0.25, 0.3) is 0 Å². The Bertz CT molecular complexity index is 828. The molecule has 1 aliphatic rings. The van der Waals surface area contributed by atoms with Crippen molar-refractivity contribution in [2.75, 3.05) is 0 Å². The van der Waals surface area contributed by atoms with E-state index in [4.69, 9.17) is 0 Å². The maximum absolute atomic E-state index is 2.47. The molecule has 32 heavy (non-hydrogen) atoms. The predicted molar refractivity (Wildman–Crippen MR) is 146 cm³/mol. The van der Waals surface area contributed by atoms with Crippen molar-refractivity contribution in [1.82, 2.24) is 0 Å². The molecule has 0 N–H and O–H groups in total. The van der Waals surface area contributed by atoms with Crippen LogP contribution in [0.4, 0.5) is 0 Å². The summed E-state index contributed by atoms with van der Waals surface area (Å²) in [6.07, 6.45) is 0. The van der Waals surface area contributed by atoms with E-state index in [1.54, 1.807) is 0 Å². The van der Waals surface area contributed by atoms with Crippen molar-refractivity contribution in [2.45, 2.75) is 122 Å². The third-order valence-electron chi connectivity index (χ3n) is 7.05. The molecule has 0 nitrogen and oxygen atoms in total. The molecule has 2 aromatic carbocycles. The summed E-state index contributed by atoms with van der Waals surface area (Å²) in [4.78, 5) is 0. The van der Waals surface area contributed by atoms with E-state index in [-0.39, 0.29) is 18.8 Å². The summed E-state index contributed by atoms with van der Waals surface area (Å²) in [5.41, 5.74) is 7.07. The number of rotatable bonds is 3. The lowest BCUT2D eigenvalue weighted by Crippen LogP contribution is -2.27. The molecular weight excluding hydrogens is 403 g/mol. The van der Waals surface area contributed by atoms with Crippen molar-refractivity contribution >= 4 is 7.92 Å². The molecule has 0 amide bonds. The maximum Gasteiger partial charge on any atom is -0.00126 e. The van der Waals surface area contributed by atoms with E-state index in [0.717, 1.165) is 5.66 Å². The standard InChI is InChI=1S/C31H47P/c1-28(2,3)23-17-13-21(14-18-23)25-26(22-15-19-24(20-16-22)29(4,5)6)27(25)32(30(7,8)9)31(10,11)12/h13-20,25-27H,1-12H3/t25-,26-/m1/s1. The molecule has 3 rings (SSSR count). The van der Waals surface area contributed by atoms with Crippen LogP contribution in [0.5, 0.6) is 0 Å². The average molecular weight is 451 g/mol. The molecule has 0 heterocycles. The second kappa shape index (κ2) is 8.27. The van der Waals surface area contributed by atoms with Gasteiger partial charge in [0.15, 0.2) is 0 Å². The van der Waals surface area contributed by atoms with E-state index < -0.39 is 0 Å². The number of hydrogen-bond acceptors (Lipinski definition) is 0. The summed E-state index contributed by atoms with van der Waals surface area (Å²) < 4.78 is 0. The quantitative estimate of drug-likeness (QED) is 0.408. The third kappa shape index (κ3) is 5.33. The van der Waals surface area contributed by atoms with Crippen LogP contribution in [0, 0.1) is 0 Å². The Balaban J connectivity index is 2.04. The van der Waals surface area contributed by atoms with Crippen molar-refractivity contribution < 1.29 is 0 Å². The minimum absolute atomic E-state index is 0.177. The lowest BCUT2D eigenvalue weighted by molar-refractivity contribution is 0.589. The molecule has 1 fully saturated rings. The first-order valence-electron chi connectivity index (χ1n) is 12.4. The van der Waals surface area contributed by atoms with Crippen molar-refractivity contribution in [3.63, 3.8) is 0 Å². The van der Waals surface area contributed by atoms with E-state index in [9.17, 15) is 0 Å². The Morgan fingerprint density at radius 2 is 0.750 bits per heavy atom. The molecule has 1 aliphatic carbocycles. The second-order valence-electron chi connectivity index (χ2n) is 14.0. The topological polar surface area (TPSA) is 0 Å². The highest BCUT2D eigenvalue weighted by atomic mass is 31.1. The van der Waals surface area contributed by atoms with E-state index in [1.165, 1.54) is 22.3 Å². The van der Waals surface area contributed by atoms with Gasteiger partial charge in [-0.2, -0.15) is 0 Å². The monoisotopic (exact) mass is 450 g/mol. The molecule has 0 unspecified atom stereocenters. The molecule has 1 heteroatoms. The van der Waals surface area contributed by atoms with Gasteiger partial charge in [0.2, 0.25) is 0 Å². The zero-order chi connectivity index (χ0) is 24.3. The van der Waals surface area contributed by atoms with E-state index in [2.05, 4.69) is 132 Å². The summed E-state index contributed by atoms with van der Waals surface area (Å²) in [5, 5.41) is 0.671. The van der Waals surface area contributed by atoms with Crippen LogP contribution >= 0.6 is 7.92 Å². The molecule has 0 bridgehead atoms. The van der Waals surface area contributed by atoms with Gasteiger partial charge in [-0.3, -0.25) is 0 Å². The normalized spacial score (nSPS) is 22.3. The maximum atomic E-state index is 2.47. The molecule has 0 spiro atoms. The van der Waals surface area contributed by atoms with Gasteiger partial charge in [-0.25, -0.2) is 0 Å². The minimum atomic E-state index is -0.177. The SMILES string of the molecule is CC(C)(C)c1ccc([C@H]2C(P(C(C)(C)C)C(C)(C)C)[C@@H]2c2ccc(C(C)(C)C)cc2)cc1. The van der Waals surface area contributed by atoms with Gasteiger partial charge < -0.3 is 0 Å². The fourth-order valence-corrected chi connectivity index (χ4v) is 10.8. The highest BCUT2D eigenvalue weighted by molar-refractivity contribution is 7.62. The number of benzene rings is 2. The van der Waals surface area contributed by atoms with E-state index in [0.29, 0.717) is 22.1 Å². The fourth-order valence-electron chi connectivity index (χ4n) is 5.74. The van der Waals surface area contributed by atoms with Crippen LogP contribution in [-0.2, 0) is 10.8 Å². The zero-order valence-corrected chi connectivity index (χ0v) is 23.7. The summed E-state index contributed by atoms with van der Waals surface area (Å²) >= 11 is 0. The van der Waals surface area contributed by atoms with Crippen molar-refractivity contribution in [2.24, 2.45) is 0 Å². The van der Waals surface area contributed by atoms with Gasteiger partial charge in [-0.05, 0) is 60.9 Å². The Kier molecular flexibility index (Phi) is 6.59. The largest absolute Gasteiger partial charge is 0.0912 e. The van der Waals surface area contributed by atoms with E-state index >= 15 is 0 Å². The lowest BCUT2D eigenvalue weighted by Gasteiger charge is -2.42. The first-order valence-corrected chi connectivity index (χ1v) is 13.8. The van der Waals surface area contributed by atoms with Crippen molar-refractivity contribution in [1.29, 1.82) is 0 Å². The van der Waals surface area contributed by atoms with Gasteiger partial charge in [-0.1, -0.05) is 140 Å². The molecule has 0 radical (unpaired) electrons. The van der Waals surface area contributed by atoms with Crippen LogP contribution in [0.2, 0.25) is 0 Å². The van der Waals surface area contributed by atoms with Gasteiger partial charge in [0.05, 0.1) is 0 Å². The summed E-state index contributed by atoms with van der Waals surface area (Å²) in [7, 11) is -0.177. The summed E-state index contributed by atoms with van der Waals surface area (Å²) in [5.74, 6) is 1.27. The Hall–Kier alpha value is -1.13. The Morgan fingerprint density at radius 3 is 0.969 bits per heavy atom. The molecule has 0 aliphatic heterocycles. The molecule has 0 aromatic heterocycles. The van der Waals surface area contributed by atoms with Gasteiger partial charge >= 0.3 is 0 Å².